The molecule has 2 aliphatic rings. The fraction of sp³-hybridized carbons (Fsp3) is 0.929. The number of hydrogen-bond acceptors (Lipinski definition) is 1. The molecule has 2 rings (SSSR count). The molecule has 2 saturated carbocycles. The van der Waals surface area contributed by atoms with Crippen molar-refractivity contribution >= 4 is 6.29 Å². The number of fused-ring (bicyclic) bond motifs is 1. The Hall–Kier alpha value is -0.330. The summed E-state index contributed by atoms with van der Waals surface area (Å²) in [5, 5.41) is 0. The molecule has 0 spiro atoms. The van der Waals surface area contributed by atoms with Crippen molar-refractivity contribution in [2.45, 2.75) is 59.3 Å². The Bertz CT molecular complexity index is 256. The van der Waals surface area contributed by atoms with Gasteiger partial charge in [0.1, 0.15) is 6.29 Å². The second-order valence-electron chi connectivity index (χ2n) is 6.45. The second kappa shape index (κ2) is 3.61. The molecule has 1 nitrogen and oxygen atoms in total. The van der Waals surface area contributed by atoms with Gasteiger partial charge in [0.2, 0.25) is 0 Å². The summed E-state index contributed by atoms with van der Waals surface area (Å²) in [4.78, 5) is 11.4. The van der Waals surface area contributed by atoms with Crippen LogP contribution in [0.2, 0.25) is 0 Å². The summed E-state index contributed by atoms with van der Waals surface area (Å²) >= 11 is 0. The average Bonchev–Trinajstić information content (AvgIpc) is 2.24. The monoisotopic (exact) mass is 208 g/mol. The molecule has 86 valence electrons. The van der Waals surface area contributed by atoms with Crippen LogP contribution in [0.3, 0.4) is 0 Å². The van der Waals surface area contributed by atoms with Crippen molar-refractivity contribution in [1.29, 1.82) is 0 Å². The molecule has 1 heteroatoms. The summed E-state index contributed by atoms with van der Waals surface area (Å²) in [6, 6.07) is 0. The van der Waals surface area contributed by atoms with Crippen molar-refractivity contribution in [2.75, 3.05) is 0 Å². The van der Waals surface area contributed by atoms with Gasteiger partial charge in [-0.2, -0.15) is 0 Å². The summed E-state index contributed by atoms with van der Waals surface area (Å²) in [6.07, 6.45) is 9.16. The minimum Gasteiger partial charge on any atom is -0.303 e. The first-order valence-corrected chi connectivity index (χ1v) is 6.47. The molecule has 0 aromatic heterocycles. The SMILES string of the molecule is CC1(C=O)CCC2CCCCC2C1(C)C. The second-order valence-corrected chi connectivity index (χ2v) is 6.45. The maximum atomic E-state index is 11.4. The van der Waals surface area contributed by atoms with E-state index < -0.39 is 0 Å². The third-order valence-corrected chi connectivity index (χ3v) is 5.60. The molecule has 3 unspecified atom stereocenters. The lowest BCUT2D eigenvalue weighted by molar-refractivity contribution is -0.134. The molecule has 15 heavy (non-hydrogen) atoms. The van der Waals surface area contributed by atoms with E-state index in [2.05, 4.69) is 20.8 Å². The molecule has 0 radical (unpaired) electrons. The molecule has 2 fully saturated rings. The molecular weight excluding hydrogens is 184 g/mol. The number of rotatable bonds is 1. The molecule has 0 saturated heterocycles. The maximum absolute atomic E-state index is 11.4. The number of carbonyl (C=O) groups is 1. The van der Waals surface area contributed by atoms with Crippen LogP contribution in [0.25, 0.3) is 0 Å². The Morgan fingerprint density at radius 3 is 2.40 bits per heavy atom. The molecule has 0 aromatic carbocycles. The molecule has 0 bridgehead atoms. The van der Waals surface area contributed by atoms with E-state index in [9.17, 15) is 4.79 Å². The van der Waals surface area contributed by atoms with Gasteiger partial charge in [-0.1, -0.05) is 40.0 Å². The largest absolute Gasteiger partial charge is 0.303 e. The number of carbonyl (C=O) groups excluding carboxylic acids is 1. The van der Waals surface area contributed by atoms with Gasteiger partial charge in [-0.15, -0.1) is 0 Å². The Labute approximate surface area is 93.6 Å². The Kier molecular flexibility index (Phi) is 2.68. The molecule has 0 aromatic rings. The van der Waals surface area contributed by atoms with E-state index in [0.717, 1.165) is 18.3 Å². The van der Waals surface area contributed by atoms with Gasteiger partial charge in [-0.3, -0.25) is 0 Å². The highest BCUT2D eigenvalue weighted by molar-refractivity contribution is 5.60. The highest BCUT2D eigenvalue weighted by atomic mass is 16.1. The normalized spacial score (nSPS) is 44.5. The fourth-order valence-corrected chi connectivity index (χ4v) is 3.95. The van der Waals surface area contributed by atoms with Gasteiger partial charge in [0.15, 0.2) is 0 Å². The van der Waals surface area contributed by atoms with Gasteiger partial charge in [0.05, 0.1) is 0 Å². The van der Waals surface area contributed by atoms with E-state index in [0.29, 0.717) is 0 Å². The highest BCUT2D eigenvalue weighted by Gasteiger charge is 2.52. The standard InChI is InChI=1S/C14H24O/c1-13(2)12-7-5-4-6-11(12)8-9-14(13,3)10-15/h10-12H,4-9H2,1-3H3. The number of aldehydes is 1. The predicted octanol–water partition coefficient (Wildman–Crippen LogP) is 3.82. The van der Waals surface area contributed by atoms with Crippen LogP contribution in [0.4, 0.5) is 0 Å². The zero-order chi connectivity index (χ0) is 11.1. The summed E-state index contributed by atoms with van der Waals surface area (Å²) in [5.74, 6) is 1.69. The first kappa shape index (κ1) is 11.2. The zero-order valence-corrected chi connectivity index (χ0v) is 10.4. The van der Waals surface area contributed by atoms with Crippen molar-refractivity contribution in [3.05, 3.63) is 0 Å². The van der Waals surface area contributed by atoms with Gasteiger partial charge in [0, 0.05) is 5.41 Å². The van der Waals surface area contributed by atoms with Crippen molar-refractivity contribution in [2.24, 2.45) is 22.7 Å². The van der Waals surface area contributed by atoms with Crippen LogP contribution in [0.5, 0.6) is 0 Å². The van der Waals surface area contributed by atoms with Crippen molar-refractivity contribution in [3.8, 4) is 0 Å². The van der Waals surface area contributed by atoms with E-state index >= 15 is 0 Å². The molecular formula is C14H24O. The van der Waals surface area contributed by atoms with Crippen LogP contribution in [-0.2, 0) is 4.79 Å². The van der Waals surface area contributed by atoms with Gasteiger partial charge in [-0.25, -0.2) is 0 Å². The topological polar surface area (TPSA) is 17.1 Å². The Balaban J connectivity index is 2.27. The average molecular weight is 208 g/mol. The predicted molar refractivity (Wildman–Crippen MR) is 62.6 cm³/mol. The van der Waals surface area contributed by atoms with Crippen LogP contribution in [-0.4, -0.2) is 6.29 Å². The lowest BCUT2D eigenvalue weighted by atomic mass is 9.49. The summed E-state index contributed by atoms with van der Waals surface area (Å²) < 4.78 is 0. The third kappa shape index (κ3) is 1.55. The molecule has 0 heterocycles. The van der Waals surface area contributed by atoms with Crippen LogP contribution in [0, 0.1) is 22.7 Å². The van der Waals surface area contributed by atoms with Crippen LogP contribution >= 0.6 is 0 Å². The van der Waals surface area contributed by atoms with Gasteiger partial charge < -0.3 is 4.79 Å². The van der Waals surface area contributed by atoms with Crippen molar-refractivity contribution < 1.29 is 4.79 Å². The maximum Gasteiger partial charge on any atom is 0.126 e. The van der Waals surface area contributed by atoms with E-state index in [4.69, 9.17) is 0 Å². The summed E-state index contributed by atoms with van der Waals surface area (Å²) in [6.45, 7) is 6.82. The first-order chi connectivity index (χ1) is 7.01. The summed E-state index contributed by atoms with van der Waals surface area (Å²) in [5.41, 5.74) is 0.129. The third-order valence-electron chi connectivity index (χ3n) is 5.60. The number of hydrogen-bond donors (Lipinski definition) is 0. The Morgan fingerprint density at radius 2 is 1.73 bits per heavy atom. The molecule has 0 amide bonds. The van der Waals surface area contributed by atoms with E-state index in [1.54, 1.807) is 0 Å². The first-order valence-electron chi connectivity index (χ1n) is 6.47. The lowest BCUT2D eigenvalue weighted by Crippen LogP contribution is -2.50. The van der Waals surface area contributed by atoms with E-state index in [-0.39, 0.29) is 10.8 Å². The van der Waals surface area contributed by atoms with Gasteiger partial charge in [-0.05, 0) is 36.5 Å². The Morgan fingerprint density at radius 1 is 1.07 bits per heavy atom. The van der Waals surface area contributed by atoms with E-state index in [1.807, 2.05) is 0 Å². The molecule has 0 N–H and O–H groups in total. The van der Waals surface area contributed by atoms with Crippen molar-refractivity contribution in [1.82, 2.24) is 0 Å². The minimum atomic E-state index is -0.0779. The molecule has 2 aliphatic carbocycles. The van der Waals surface area contributed by atoms with E-state index in [1.165, 1.54) is 38.4 Å². The zero-order valence-electron chi connectivity index (χ0n) is 10.4. The minimum absolute atomic E-state index is 0.0779. The smallest absolute Gasteiger partial charge is 0.126 e. The summed E-state index contributed by atoms with van der Waals surface area (Å²) in [7, 11) is 0. The quantitative estimate of drug-likeness (QED) is 0.599. The van der Waals surface area contributed by atoms with Crippen molar-refractivity contribution in [3.63, 3.8) is 0 Å². The van der Waals surface area contributed by atoms with Gasteiger partial charge in [0.25, 0.3) is 0 Å². The lowest BCUT2D eigenvalue weighted by Gasteiger charge is -2.55. The van der Waals surface area contributed by atoms with Crippen LogP contribution in [0.1, 0.15) is 59.3 Å². The van der Waals surface area contributed by atoms with Crippen LogP contribution in [0.15, 0.2) is 0 Å². The molecule has 3 atom stereocenters. The molecule has 0 aliphatic heterocycles. The van der Waals surface area contributed by atoms with Gasteiger partial charge >= 0.3 is 0 Å². The fourth-order valence-electron chi connectivity index (χ4n) is 3.95. The highest BCUT2D eigenvalue weighted by Crippen LogP contribution is 2.58. The van der Waals surface area contributed by atoms with Crippen LogP contribution < -0.4 is 0 Å².